The zero-order chi connectivity index (χ0) is 22.3. The van der Waals surface area contributed by atoms with E-state index in [1.807, 2.05) is 18.2 Å². The number of fused-ring (bicyclic) bond motifs is 2. The van der Waals surface area contributed by atoms with Gasteiger partial charge in [-0.25, -0.2) is 18.4 Å². The molecule has 0 amide bonds. The van der Waals surface area contributed by atoms with Crippen molar-refractivity contribution in [3.05, 3.63) is 89.4 Å². The average molecular weight is 462 g/mol. The molecule has 0 aliphatic carbocycles. The highest BCUT2D eigenvalue weighted by atomic mass is 35.5. The third kappa shape index (κ3) is 3.39. The molecule has 0 unspecified atom stereocenters. The molecule has 158 valence electrons. The van der Waals surface area contributed by atoms with Crippen LogP contribution in [0.1, 0.15) is 5.56 Å². The zero-order valence-corrected chi connectivity index (χ0v) is 18.1. The largest absolute Gasteiger partial charge is 0.382 e. The van der Waals surface area contributed by atoms with Gasteiger partial charge >= 0.3 is 0 Å². The Labute approximate surface area is 188 Å². The lowest BCUT2D eigenvalue weighted by Gasteiger charge is -2.04. The third-order valence-electron chi connectivity index (χ3n) is 4.92. The Morgan fingerprint density at radius 1 is 0.906 bits per heavy atom. The van der Waals surface area contributed by atoms with E-state index in [4.69, 9.17) is 17.3 Å². The number of sulfone groups is 1. The Kier molecular flexibility index (Phi) is 4.88. The van der Waals surface area contributed by atoms with E-state index in [0.29, 0.717) is 16.1 Å². The maximum Gasteiger partial charge on any atom is 0.212 e. The first-order chi connectivity index (χ1) is 15.4. The number of nitrogen functional groups attached to an aromatic ring is 1. The lowest BCUT2D eigenvalue weighted by molar-refractivity contribution is 0.597. The van der Waals surface area contributed by atoms with Gasteiger partial charge in [0.05, 0.1) is 22.1 Å². The number of hydrogen-bond acceptors (Lipinski definition) is 6. The molecule has 7 nitrogen and oxygen atoms in total. The number of aromatic nitrogens is 3. The summed E-state index contributed by atoms with van der Waals surface area (Å²) in [5.74, 6) is -0.0718. The molecule has 0 radical (unpaired) electrons. The van der Waals surface area contributed by atoms with E-state index >= 15 is 0 Å². The van der Waals surface area contributed by atoms with Crippen LogP contribution >= 0.6 is 11.6 Å². The molecule has 0 spiro atoms. The molecule has 2 aromatic heterocycles. The van der Waals surface area contributed by atoms with E-state index in [0.717, 1.165) is 5.56 Å². The van der Waals surface area contributed by atoms with E-state index in [-0.39, 0.29) is 26.8 Å². The first-order valence-corrected chi connectivity index (χ1v) is 11.5. The van der Waals surface area contributed by atoms with Gasteiger partial charge in [0.15, 0.2) is 5.65 Å². The number of para-hydroxylation sites is 2. The van der Waals surface area contributed by atoms with Gasteiger partial charge in [-0.2, -0.15) is 9.78 Å². The molecule has 0 fully saturated rings. The quantitative estimate of drug-likeness (QED) is 0.396. The summed E-state index contributed by atoms with van der Waals surface area (Å²) in [4.78, 5) is 9.18. The van der Waals surface area contributed by atoms with Crippen molar-refractivity contribution in [2.24, 2.45) is 5.10 Å². The van der Waals surface area contributed by atoms with Crippen molar-refractivity contribution in [2.75, 3.05) is 5.73 Å². The Bertz CT molecular complexity index is 1610. The predicted molar refractivity (Wildman–Crippen MR) is 126 cm³/mol. The van der Waals surface area contributed by atoms with Crippen molar-refractivity contribution in [1.82, 2.24) is 14.6 Å². The van der Waals surface area contributed by atoms with Gasteiger partial charge in [-0.3, -0.25) is 0 Å². The second-order valence-electron chi connectivity index (χ2n) is 7.03. The molecule has 5 rings (SSSR count). The van der Waals surface area contributed by atoms with Gasteiger partial charge < -0.3 is 5.73 Å². The molecular formula is C23H16ClN5O2S. The minimum absolute atomic E-state index is 0.0718. The van der Waals surface area contributed by atoms with Crippen LogP contribution in [0.25, 0.3) is 22.2 Å². The molecule has 0 bridgehead atoms. The smallest absolute Gasteiger partial charge is 0.212 e. The topological polar surface area (TPSA) is 103 Å². The van der Waals surface area contributed by atoms with Gasteiger partial charge in [0.2, 0.25) is 9.84 Å². The van der Waals surface area contributed by atoms with Crippen LogP contribution < -0.4 is 5.73 Å². The van der Waals surface area contributed by atoms with Gasteiger partial charge in [0.25, 0.3) is 0 Å². The molecule has 0 saturated heterocycles. The summed E-state index contributed by atoms with van der Waals surface area (Å²) >= 11 is 6.06. The Morgan fingerprint density at radius 2 is 1.59 bits per heavy atom. The van der Waals surface area contributed by atoms with Crippen LogP contribution in [0, 0.1) is 0 Å². The van der Waals surface area contributed by atoms with Crippen LogP contribution in [0.15, 0.2) is 93.8 Å². The highest BCUT2D eigenvalue weighted by molar-refractivity contribution is 7.92. The fourth-order valence-corrected chi connectivity index (χ4v) is 5.14. The molecule has 9 heteroatoms. The van der Waals surface area contributed by atoms with Crippen molar-refractivity contribution in [3.8, 4) is 0 Å². The second kappa shape index (κ2) is 7.74. The molecule has 5 aromatic rings. The minimum Gasteiger partial charge on any atom is -0.382 e. The summed E-state index contributed by atoms with van der Waals surface area (Å²) in [6, 6.07) is 22.4. The second-order valence-corrected chi connectivity index (χ2v) is 9.35. The van der Waals surface area contributed by atoms with Gasteiger partial charge in [-0.1, -0.05) is 54.1 Å². The molecule has 0 aliphatic rings. The first kappa shape index (κ1) is 20.2. The Hall–Kier alpha value is -3.75. The lowest BCUT2D eigenvalue weighted by Crippen LogP contribution is -2.06. The summed E-state index contributed by atoms with van der Waals surface area (Å²) < 4.78 is 28.3. The lowest BCUT2D eigenvalue weighted by atomic mass is 10.2. The van der Waals surface area contributed by atoms with E-state index < -0.39 is 9.84 Å². The van der Waals surface area contributed by atoms with Crippen LogP contribution in [0.4, 0.5) is 5.82 Å². The number of hydrogen-bond donors (Lipinski definition) is 1. The highest BCUT2D eigenvalue weighted by Gasteiger charge is 2.30. The SMILES string of the molecule is Nc1c(S(=O)(=O)c2ccccc2)c2nc3ccccc3nc2n1/N=C\c1cccc(Cl)c1. The standard InChI is InChI=1S/C23H16ClN5O2S/c24-16-8-6-7-15(13-16)14-26-29-22(25)21(32(30,31)17-9-2-1-3-10-17)20-23(29)28-19-12-5-4-11-18(19)27-20/h1-14H,25H2/b26-14-. The number of nitrogens with zero attached hydrogens (tertiary/aromatic N) is 4. The predicted octanol–water partition coefficient (Wildman–Crippen LogP) is 4.54. The Balaban J connectivity index is 1.81. The number of nitrogens with two attached hydrogens (primary N) is 1. The summed E-state index contributed by atoms with van der Waals surface area (Å²) in [7, 11) is -3.98. The maximum absolute atomic E-state index is 13.5. The van der Waals surface area contributed by atoms with Gasteiger partial charge in [-0.15, -0.1) is 0 Å². The molecule has 0 atom stereocenters. The summed E-state index contributed by atoms with van der Waals surface area (Å²) in [6.07, 6.45) is 1.54. The highest BCUT2D eigenvalue weighted by Crippen LogP contribution is 2.35. The fourth-order valence-electron chi connectivity index (χ4n) is 3.43. The average Bonchev–Trinajstić information content (AvgIpc) is 3.07. The van der Waals surface area contributed by atoms with Crippen molar-refractivity contribution in [2.45, 2.75) is 9.79 Å². The molecule has 2 heterocycles. The monoisotopic (exact) mass is 461 g/mol. The number of halogens is 1. The van der Waals surface area contributed by atoms with E-state index in [1.165, 1.54) is 23.0 Å². The van der Waals surface area contributed by atoms with Crippen LogP contribution in [0.5, 0.6) is 0 Å². The number of anilines is 1. The van der Waals surface area contributed by atoms with Crippen LogP contribution in [0.2, 0.25) is 5.02 Å². The first-order valence-electron chi connectivity index (χ1n) is 9.62. The molecule has 0 saturated carbocycles. The van der Waals surface area contributed by atoms with Crippen LogP contribution in [-0.4, -0.2) is 29.3 Å². The van der Waals surface area contributed by atoms with Gasteiger partial charge in [0, 0.05) is 5.02 Å². The normalized spacial score (nSPS) is 12.2. The van der Waals surface area contributed by atoms with E-state index in [2.05, 4.69) is 15.1 Å². The number of rotatable bonds is 4. The molecule has 0 aliphatic heterocycles. The third-order valence-corrected chi connectivity index (χ3v) is 6.99. The summed E-state index contributed by atoms with van der Waals surface area (Å²) in [5, 5.41) is 4.97. The minimum atomic E-state index is -3.98. The van der Waals surface area contributed by atoms with Gasteiger partial charge in [0.1, 0.15) is 16.2 Å². The molecular weight excluding hydrogens is 446 g/mol. The van der Waals surface area contributed by atoms with Crippen molar-refractivity contribution in [3.63, 3.8) is 0 Å². The maximum atomic E-state index is 13.5. The van der Waals surface area contributed by atoms with E-state index in [1.54, 1.807) is 48.5 Å². The Morgan fingerprint density at radius 3 is 2.31 bits per heavy atom. The van der Waals surface area contributed by atoms with Crippen molar-refractivity contribution < 1.29 is 8.42 Å². The summed E-state index contributed by atoms with van der Waals surface area (Å²) in [5.41, 5.74) is 8.64. The van der Waals surface area contributed by atoms with E-state index in [9.17, 15) is 8.42 Å². The fraction of sp³-hybridized carbons (Fsp3) is 0. The molecule has 32 heavy (non-hydrogen) atoms. The summed E-state index contributed by atoms with van der Waals surface area (Å²) in [6.45, 7) is 0. The van der Waals surface area contributed by atoms with Crippen LogP contribution in [0.3, 0.4) is 0 Å². The molecule has 3 aromatic carbocycles. The number of benzene rings is 3. The molecule has 2 N–H and O–H groups in total. The van der Waals surface area contributed by atoms with Crippen molar-refractivity contribution in [1.29, 1.82) is 0 Å². The zero-order valence-electron chi connectivity index (χ0n) is 16.6. The van der Waals surface area contributed by atoms with Crippen molar-refractivity contribution >= 4 is 55.7 Å². The van der Waals surface area contributed by atoms with Crippen LogP contribution in [-0.2, 0) is 9.84 Å². The van der Waals surface area contributed by atoms with Gasteiger partial charge in [-0.05, 0) is 42.0 Å².